The van der Waals surface area contributed by atoms with Gasteiger partial charge in [0, 0.05) is 20.3 Å². The number of benzene rings is 1. The summed E-state index contributed by atoms with van der Waals surface area (Å²) in [6, 6.07) is 2.47. The van der Waals surface area contributed by atoms with Gasteiger partial charge in [-0.05, 0) is 41.6 Å². The van der Waals surface area contributed by atoms with Crippen LogP contribution in [-0.2, 0) is 0 Å². The minimum absolute atomic E-state index is 0.00352. The molecular weight excluding hydrogens is 317 g/mol. The Labute approximate surface area is 98.8 Å². The SMILES string of the molecule is CC(=O)c1c(I)cc(C=O)cc1C(F)F. The van der Waals surface area contributed by atoms with Crippen molar-refractivity contribution < 1.29 is 18.4 Å². The van der Waals surface area contributed by atoms with Crippen LogP contribution >= 0.6 is 22.6 Å². The molecule has 0 aliphatic carbocycles. The molecule has 0 aromatic heterocycles. The number of carbonyl (C=O) groups excluding carboxylic acids is 2. The lowest BCUT2D eigenvalue weighted by Crippen LogP contribution is -2.04. The van der Waals surface area contributed by atoms with Crippen LogP contribution < -0.4 is 0 Å². The summed E-state index contributed by atoms with van der Waals surface area (Å²) in [5.74, 6) is -0.424. The zero-order valence-corrected chi connectivity index (χ0v) is 9.92. The third-order valence-corrected chi connectivity index (χ3v) is 2.72. The van der Waals surface area contributed by atoms with Crippen LogP contribution in [0.1, 0.15) is 39.6 Å². The van der Waals surface area contributed by atoms with Crippen molar-refractivity contribution in [3.63, 3.8) is 0 Å². The molecule has 0 bridgehead atoms. The molecule has 0 radical (unpaired) electrons. The molecule has 80 valence electrons. The minimum atomic E-state index is -2.75. The van der Waals surface area contributed by atoms with Gasteiger partial charge in [-0.15, -0.1) is 0 Å². The molecule has 1 aromatic carbocycles. The smallest absolute Gasteiger partial charge is 0.264 e. The minimum Gasteiger partial charge on any atom is -0.298 e. The monoisotopic (exact) mass is 324 g/mol. The molecule has 2 nitrogen and oxygen atoms in total. The Hall–Kier alpha value is -0.850. The Balaban J connectivity index is 3.49. The third kappa shape index (κ3) is 2.58. The maximum atomic E-state index is 12.6. The van der Waals surface area contributed by atoms with Gasteiger partial charge in [0.15, 0.2) is 5.78 Å². The molecule has 15 heavy (non-hydrogen) atoms. The number of alkyl halides is 2. The molecule has 5 heteroatoms. The second kappa shape index (κ2) is 4.78. The molecule has 0 atom stereocenters. The van der Waals surface area contributed by atoms with E-state index in [1.807, 2.05) is 0 Å². The van der Waals surface area contributed by atoms with Crippen molar-refractivity contribution in [1.29, 1.82) is 0 Å². The van der Waals surface area contributed by atoms with Crippen LogP contribution in [0.4, 0.5) is 8.78 Å². The molecule has 1 rings (SSSR count). The van der Waals surface area contributed by atoms with Crippen molar-refractivity contribution in [1.82, 2.24) is 0 Å². The highest BCUT2D eigenvalue weighted by Gasteiger charge is 2.19. The molecule has 0 aliphatic heterocycles. The van der Waals surface area contributed by atoms with Gasteiger partial charge in [0.25, 0.3) is 6.43 Å². The summed E-state index contributed by atoms with van der Waals surface area (Å²) in [5, 5.41) is 0. The van der Waals surface area contributed by atoms with E-state index in [4.69, 9.17) is 0 Å². The van der Waals surface area contributed by atoms with E-state index >= 15 is 0 Å². The van der Waals surface area contributed by atoms with E-state index < -0.39 is 12.2 Å². The Morgan fingerprint density at radius 3 is 2.47 bits per heavy atom. The van der Waals surface area contributed by atoms with E-state index in [1.165, 1.54) is 13.0 Å². The van der Waals surface area contributed by atoms with Gasteiger partial charge in [-0.25, -0.2) is 8.78 Å². The summed E-state index contributed by atoms with van der Waals surface area (Å²) in [7, 11) is 0. The number of aldehydes is 1. The van der Waals surface area contributed by atoms with Crippen LogP contribution in [0.3, 0.4) is 0 Å². The number of hydrogen-bond acceptors (Lipinski definition) is 2. The van der Waals surface area contributed by atoms with Gasteiger partial charge in [0.05, 0.1) is 0 Å². The van der Waals surface area contributed by atoms with E-state index in [1.54, 1.807) is 22.6 Å². The van der Waals surface area contributed by atoms with Gasteiger partial charge in [-0.1, -0.05) is 0 Å². The first-order valence-electron chi connectivity index (χ1n) is 4.05. The van der Waals surface area contributed by atoms with Crippen molar-refractivity contribution in [3.05, 3.63) is 32.4 Å². The second-order valence-corrected chi connectivity index (χ2v) is 4.10. The number of carbonyl (C=O) groups is 2. The van der Waals surface area contributed by atoms with Crippen LogP contribution in [0.25, 0.3) is 0 Å². The van der Waals surface area contributed by atoms with E-state index in [-0.39, 0.29) is 16.7 Å². The average Bonchev–Trinajstić information content (AvgIpc) is 2.15. The zero-order chi connectivity index (χ0) is 11.6. The third-order valence-electron chi connectivity index (χ3n) is 1.87. The zero-order valence-electron chi connectivity index (χ0n) is 7.76. The summed E-state index contributed by atoms with van der Waals surface area (Å²) >= 11 is 1.77. The summed E-state index contributed by atoms with van der Waals surface area (Å²) < 4.78 is 25.6. The molecule has 0 amide bonds. The highest BCUT2D eigenvalue weighted by Crippen LogP contribution is 2.28. The van der Waals surface area contributed by atoms with Crippen LogP contribution in [-0.4, -0.2) is 12.1 Å². The lowest BCUT2D eigenvalue weighted by molar-refractivity contribution is 0.0996. The number of rotatable bonds is 3. The first-order valence-corrected chi connectivity index (χ1v) is 5.13. The fraction of sp³-hybridized carbons (Fsp3) is 0.200. The average molecular weight is 324 g/mol. The van der Waals surface area contributed by atoms with Gasteiger partial charge in [0.2, 0.25) is 0 Å². The number of ketones is 1. The van der Waals surface area contributed by atoms with Gasteiger partial charge in [-0.2, -0.15) is 0 Å². The van der Waals surface area contributed by atoms with Crippen molar-refractivity contribution >= 4 is 34.7 Å². The predicted molar refractivity (Wildman–Crippen MR) is 59.5 cm³/mol. The molecule has 0 saturated carbocycles. The lowest BCUT2D eigenvalue weighted by Gasteiger charge is -2.09. The molecule has 0 N–H and O–H groups in total. The standard InChI is InChI=1S/C10H7F2IO2/c1-5(15)9-7(10(11)12)2-6(4-14)3-8(9)13/h2-4,10H,1H3. The van der Waals surface area contributed by atoms with E-state index in [0.29, 0.717) is 9.86 Å². The topological polar surface area (TPSA) is 34.1 Å². The molecule has 0 unspecified atom stereocenters. The second-order valence-electron chi connectivity index (χ2n) is 2.94. The Kier molecular flexibility index (Phi) is 3.90. The fourth-order valence-electron chi connectivity index (χ4n) is 1.26. The van der Waals surface area contributed by atoms with Gasteiger partial charge >= 0.3 is 0 Å². The Morgan fingerprint density at radius 1 is 1.47 bits per heavy atom. The number of halogens is 3. The molecule has 0 fully saturated rings. The normalized spacial score (nSPS) is 10.5. The number of hydrogen-bond donors (Lipinski definition) is 0. The highest BCUT2D eigenvalue weighted by atomic mass is 127. The molecular formula is C10H7F2IO2. The quantitative estimate of drug-likeness (QED) is 0.486. The predicted octanol–water partition coefficient (Wildman–Crippen LogP) is 3.24. The molecule has 1 aromatic rings. The summed E-state index contributed by atoms with van der Waals surface area (Å²) in [6.07, 6.45) is -2.27. The van der Waals surface area contributed by atoms with E-state index in [0.717, 1.165) is 6.07 Å². The summed E-state index contributed by atoms with van der Waals surface area (Å²) in [6.45, 7) is 1.23. The van der Waals surface area contributed by atoms with Crippen molar-refractivity contribution in [2.24, 2.45) is 0 Å². The van der Waals surface area contributed by atoms with Crippen LogP contribution in [0.15, 0.2) is 12.1 Å². The van der Waals surface area contributed by atoms with Crippen molar-refractivity contribution in [3.8, 4) is 0 Å². The van der Waals surface area contributed by atoms with Crippen LogP contribution in [0.5, 0.6) is 0 Å². The van der Waals surface area contributed by atoms with Crippen molar-refractivity contribution in [2.75, 3.05) is 0 Å². The van der Waals surface area contributed by atoms with Crippen LogP contribution in [0.2, 0.25) is 0 Å². The molecule has 0 saturated heterocycles. The number of Topliss-reactive ketones (excluding diaryl/α,β-unsaturated/α-hetero) is 1. The molecule has 0 heterocycles. The van der Waals surface area contributed by atoms with Crippen molar-refractivity contribution in [2.45, 2.75) is 13.3 Å². The van der Waals surface area contributed by atoms with Gasteiger partial charge in [0.1, 0.15) is 6.29 Å². The lowest BCUT2D eigenvalue weighted by atomic mass is 10.0. The van der Waals surface area contributed by atoms with E-state index in [9.17, 15) is 18.4 Å². The fourth-order valence-corrected chi connectivity index (χ4v) is 2.31. The largest absolute Gasteiger partial charge is 0.298 e. The highest BCUT2D eigenvalue weighted by molar-refractivity contribution is 14.1. The summed E-state index contributed by atoms with van der Waals surface area (Å²) in [4.78, 5) is 21.6. The Bertz CT molecular complexity index is 416. The molecule has 0 aliphatic rings. The Morgan fingerprint density at radius 2 is 2.07 bits per heavy atom. The maximum Gasteiger partial charge on any atom is 0.264 e. The first-order chi connectivity index (χ1) is 6.97. The summed E-state index contributed by atoms with van der Waals surface area (Å²) in [5.41, 5.74) is -0.229. The first kappa shape index (κ1) is 12.2. The van der Waals surface area contributed by atoms with Gasteiger partial charge < -0.3 is 0 Å². The van der Waals surface area contributed by atoms with Gasteiger partial charge in [-0.3, -0.25) is 9.59 Å². The van der Waals surface area contributed by atoms with Crippen LogP contribution in [0, 0.1) is 3.57 Å². The molecule has 0 spiro atoms. The maximum absolute atomic E-state index is 12.6. The van der Waals surface area contributed by atoms with E-state index in [2.05, 4.69) is 0 Å².